The Morgan fingerprint density at radius 3 is 2.84 bits per heavy atom. The minimum absolute atomic E-state index is 0.0680. The van der Waals surface area contributed by atoms with Gasteiger partial charge in [-0.3, -0.25) is 0 Å². The average molecular weight is 262 g/mol. The molecule has 0 spiro atoms. The Morgan fingerprint density at radius 2 is 2.21 bits per heavy atom. The molecule has 19 heavy (non-hydrogen) atoms. The predicted molar refractivity (Wildman–Crippen MR) is 79.6 cm³/mol. The maximum absolute atomic E-state index is 6.43. The van der Waals surface area contributed by atoms with Crippen molar-refractivity contribution < 1.29 is 4.74 Å². The van der Waals surface area contributed by atoms with E-state index >= 15 is 0 Å². The van der Waals surface area contributed by atoms with Crippen LogP contribution in [0.15, 0.2) is 12.1 Å². The van der Waals surface area contributed by atoms with Crippen molar-refractivity contribution >= 4 is 0 Å². The second-order valence-electron chi connectivity index (χ2n) is 5.76. The van der Waals surface area contributed by atoms with E-state index in [1.54, 1.807) is 7.11 Å². The highest BCUT2D eigenvalue weighted by Gasteiger charge is 2.20. The molecule has 0 saturated carbocycles. The summed E-state index contributed by atoms with van der Waals surface area (Å²) in [6.07, 6.45) is 3.58. The van der Waals surface area contributed by atoms with Crippen molar-refractivity contribution in [3.05, 3.63) is 28.8 Å². The molecule has 0 aliphatic carbocycles. The largest absolute Gasteiger partial charge is 0.496 e. The van der Waals surface area contributed by atoms with Gasteiger partial charge in [0, 0.05) is 11.6 Å². The number of hydrogen-bond donors (Lipinski definition) is 2. The van der Waals surface area contributed by atoms with Crippen LogP contribution in [-0.2, 0) is 0 Å². The molecule has 106 valence electrons. The Hall–Kier alpha value is -1.06. The monoisotopic (exact) mass is 262 g/mol. The van der Waals surface area contributed by atoms with Crippen LogP contribution in [-0.4, -0.2) is 20.2 Å². The maximum atomic E-state index is 6.43. The van der Waals surface area contributed by atoms with Gasteiger partial charge in [0.05, 0.1) is 7.11 Å². The molecule has 0 bridgehead atoms. The van der Waals surface area contributed by atoms with E-state index in [1.165, 1.54) is 24.0 Å². The van der Waals surface area contributed by atoms with E-state index < -0.39 is 0 Å². The predicted octanol–water partition coefficient (Wildman–Crippen LogP) is 2.70. The fraction of sp³-hybridized carbons (Fsp3) is 0.625. The summed E-state index contributed by atoms with van der Waals surface area (Å²) in [5.74, 6) is 1.65. The highest BCUT2D eigenvalue weighted by atomic mass is 16.5. The van der Waals surface area contributed by atoms with E-state index in [2.05, 4.69) is 31.3 Å². The third-order valence-electron chi connectivity index (χ3n) is 4.04. The van der Waals surface area contributed by atoms with Crippen LogP contribution in [0.5, 0.6) is 5.75 Å². The number of piperidine rings is 1. The van der Waals surface area contributed by atoms with E-state index in [0.717, 1.165) is 30.8 Å². The zero-order chi connectivity index (χ0) is 13.8. The van der Waals surface area contributed by atoms with Crippen molar-refractivity contribution in [2.24, 2.45) is 11.7 Å². The number of hydrogen-bond acceptors (Lipinski definition) is 3. The van der Waals surface area contributed by atoms with Crippen molar-refractivity contribution in [2.75, 3.05) is 20.2 Å². The molecule has 1 saturated heterocycles. The number of nitrogens with one attached hydrogen (secondary N) is 1. The lowest BCUT2D eigenvalue weighted by atomic mass is 9.88. The normalized spacial score (nSPS) is 21.2. The van der Waals surface area contributed by atoms with Crippen molar-refractivity contribution in [3.63, 3.8) is 0 Å². The van der Waals surface area contributed by atoms with Crippen molar-refractivity contribution in [1.29, 1.82) is 0 Å². The summed E-state index contributed by atoms with van der Waals surface area (Å²) in [6, 6.07) is 4.39. The number of ether oxygens (including phenoxy) is 1. The molecule has 3 heteroatoms. The van der Waals surface area contributed by atoms with Gasteiger partial charge in [0.1, 0.15) is 5.75 Å². The van der Waals surface area contributed by atoms with Crippen molar-refractivity contribution in [3.8, 4) is 5.75 Å². The average Bonchev–Trinajstić information content (AvgIpc) is 2.39. The molecule has 3 N–H and O–H groups in total. The van der Waals surface area contributed by atoms with Gasteiger partial charge in [-0.25, -0.2) is 0 Å². The van der Waals surface area contributed by atoms with Crippen LogP contribution < -0.4 is 15.8 Å². The lowest BCUT2D eigenvalue weighted by Crippen LogP contribution is -2.32. The second kappa shape index (κ2) is 6.40. The van der Waals surface area contributed by atoms with Gasteiger partial charge in [-0.1, -0.05) is 17.7 Å². The quantitative estimate of drug-likeness (QED) is 0.877. The van der Waals surface area contributed by atoms with Crippen LogP contribution in [0.2, 0.25) is 0 Å². The third-order valence-corrected chi connectivity index (χ3v) is 4.04. The van der Waals surface area contributed by atoms with Gasteiger partial charge in [0.15, 0.2) is 0 Å². The molecule has 1 aromatic carbocycles. The van der Waals surface area contributed by atoms with Crippen LogP contribution in [0.3, 0.4) is 0 Å². The smallest absolute Gasteiger partial charge is 0.126 e. The van der Waals surface area contributed by atoms with Gasteiger partial charge in [-0.2, -0.15) is 0 Å². The minimum Gasteiger partial charge on any atom is -0.496 e. The fourth-order valence-electron chi connectivity index (χ4n) is 3.15. The van der Waals surface area contributed by atoms with E-state index in [9.17, 15) is 0 Å². The van der Waals surface area contributed by atoms with Gasteiger partial charge in [-0.15, -0.1) is 0 Å². The molecule has 3 nitrogen and oxygen atoms in total. The number of rotatable bonds is 4. The maximum Gasteiger partial charge on any atom is 0.126 e. The lowest BCUT2D eigenvalue weighted by molar-refractivity contribution is 0.331. The summed E-state index contributed by atoms with van der Waals surface area (Å²) >= 11 is 0. The molecule has 0 amide bonds. The highest BCUT2D eigenvalue weighted by Crippen LogP contribution is 2.33. The number of aryl methyl sites for hydroxylation is 2. The molecule has 1 heterocycles. The first-order valence-electron chi connectivity index (χ1n) is 7.23. The molecular formula is C16H26N2O. The molecule has 1 aliphatic rings. The van der Waals surface area contributed by atoms with Crippen LogP contribution in [0.25, 0.3) is 0 Å². The van der Waals surface area contributed by atoms with Crippen LogP contribution >= 0.6 is 0 Å². The molecule has 1 aromatic rings. The van der Waals surface area contributed by atoms with Crippen LogP contribution in [0.4, 0.5) is 0 Å². The Morgan fingerprint density at radius 1 is 1.42 bits per heavy atom. The lowest BCUT2D eigenvalue weighted by Gasteiger charge is -2.26. The summed E-state index contributed by atoms with van der Waals surface area (Å²) in [7, 11) is 1.73. The van der Waals surface area contributed by atoms with Crippen molar-refractivity contribution in [2.45, 2.75) is 39.2 Å². The minimum atomic E-state index is 0.0680. The summed E-state index contributed by atoms with van der Waals surface area (Å²) in [5.41, 5.74) is 10.0. The number of benzene rings is 1. The summed E-state index contributed by atoms with van der Waals surface area (Å²) < 4.78 is 5.55. The molecule has 0 aromatic heterocycles. The standard InChI is InChI=1S/C16H26N2O/c1-11-7-12(2)16(19-3)14(8-11)15(17)9-13-5-4-6-18-10-13/h7-8,13,15,18H,4-6,9-10,17H2,1-3H3. The van der Waals surface area contributed by atoms with Gasteiger partial charge >= 0.3 is 0 Å². The number of methoxy groups -OCH3 is 1. The molecule has 1 fully saturated rings. The molecule has 0 radical (unpaired) electrons. The molecular weight excluding hydrogens is 236 g/mol. The molecule has 2 atom stereocenters. The third kappa shape index (κ3) is 3.48. The molecule has 2 unspecified atom stereocenters. The fourth-order valence-corrected chi connectivity index (χ4v) is 3.15. The number of nitrogens with two attached hydrogens (primary N) is 1. The second-order valence-corrected chi connectivity index (χ2v) is 5.76. The SMILES string of the molecule is COc1c(C)cc(C)cc1C(N)CC1CCCNC1. The van der Waals surface area contributed by atoms with Gasteiger partial charge in [-0.05, 0) is 57.7 Å². The Labute approximate surface area is 116 Å². The van der Waals surface area contributed by atoms with Crippen molar-refractivity contribution in [1.82, 2.24) is 5.32 Å². The first-order valence-corrected chi connectivity index (χ1v) is 7.23. The molecule has 1 aliphatic heterocycles. The summed E-state index contributed by atoms with van der Waals surface area (Å²) in [4.78, 5) is 0. The van der Waals surface area contributed by atoms with Gasteiger partial charge in [0.2, 0.25) is 0 Å². The molecule has 2 rings (SSSR count). The van der Waals surface area contributed by atoms with Crippen LogP contribution in [0, 0.1) is 19.8 Å². The summed E-state index contributed by atoms with van der Waals surface area (Å²) in [5, 5.41) is 3.46. The zero-order valence-corrected chi connectivity index (χ0v) is 12.3. The Balaban J connectivity index is 2.15. The first kappa shape index (κ1) is 14.4. The van der Waals surface area contributed by atoms with Gasteiger partial charge in [0.25, 0.3) is 0 Å². The van der Waals surface area contributed by atoms with E-state index in [1.807, 2.05) is 0 Å². The first-order chi connectivity index (χ1) is 9.11. The summed E-state index contributed by atoms with van der Waals surface area (Å²) in [6.45, 7) is 6.45. The van der Waals surface area contributed by atoms with E-state index in [4.69, 9.17) is 10.5 Å². The highest BCUT2D eigenvalue weighted by molar-refractivity contribution is 5.45. The van der Waals surface area contributed by atoms with Gasteiger partial charge < -0.3 is 15.8 Å². The Bertz CT molecular complexity index is 425. The topological polar surface area (TPSA) is 47.3 Å². The van der Waals surface area contributed by atoms with Crippen LogP contribution in [0.1, 0.15) is 42.0 Å². The zero-order valence-electron chi connectivity index (χ0n) is 12.3. The van der Waals surface area contributed by atoms with E-state index in [-0.39, 0.29) is 6.04 Å². The van der Waals surface area contributed by atoms with E-state index in [0.29, 0.717) is 5.92 Å². The Kier molecular flexibility index (Phi) is 4.83.